The van der Waals surface area contributed by atoms with Crippen LogP contribution in [-0.2, 0) is 0 Å². The van der Waals surface area contributed by atoms with Crippen molar-refractivity contribution in [1.82, 2.24) is 24.3 Å². The monoisotopic (exact) mass is 396 g/mol. The fourth-order valence-electron chi connectivity index (χ4n) is 2.61. The zero-order valence-electron chi connectivity index (χ0n) is 16.0. The molecular formula is C19H20N6O4. The summed E-state index contributed by atoms with van der Waals surface area (Å²) in [7, 11) is 3.23. The van der Waals surface area contributed by atoms with Crippen molar-refractivity contribution >= 4 is 17.7 Å². The van der Waals surface area contributed by atoms with Gasteiger partial charge in [-0.1, -0.05) is 0 Å². The molecule has 3 heterocycles. The summed E-state index contributed by atoms with van der Waals surface area (Å²) in [6, 6.07) is 4.74. The van der Waals surface area contributed by atoms with Crippen molar-refractivity contribution in [1.29, 1.82) is 0 Å². The maximum absolute atomic E-state index is 12.7. The summed E-state index contributed by atoms with van der Waals surface area (Å²) in [5, 5.41) is 0. The Balaban J connectivity index is 1.60. The van der Waals surface area contributed by atoms with Gasteiger partial charge < -0.3 is 24.5 Å². The molecule has 0 fully saturated rings. The second-order valence-corrected chi connectivity index (χ2v) is 6.39. The molecule has 0 unspecified atom stereocenters. The largest absolute Gasteiger partial charge is 0.458 e. The molecule has 0 bridgehead atoms. The van der Waals surface area contributed by atoms with E-state index in [2.05, 4.69) is 9.97 Å². The van der Waals surface area contributed by atoms with Crippen molar-refractivity contribution in [2.45, 2.75) is 0 Å². The highest BCUT2D eigenvalue weighted by Crippen LogP contribution is 2.11. The summed E-state index contributed by atoms with van der Waals surface area (Å²) >= 11 is 0. The van der Waals surface area contributed by atoms with Crippen molar-refractivity contribution < 1.29 is 18.8 Å². The van der Waals surface area contributed by atoms with Crippen LogP contribution in [0.15, 0.2) is 53.8 Å². The molecule has 2 N–H and O–H groups in total. The number of furan rings is 1. The fourth-order valence-corrected chi connectivity index (χ4v) is 2.61. The standard InChI is InChI=1S/C19H20N6O4/c1-23(18(27)13-9-16(17(20)26)29-11-13)7-8-24(2)19(28)15-10-14(3-4-22-15)25-6-5-21-12-25/h3-6,9-12H,7-8H2,1-2H3,(H2,20,26). The Bertz CT molecular complexity index is 1030. The van der Waals surface area contributed by atoms with Crippen LogP contribution in [0.4, 0.5) is 0 Å². The molecule has 0 aliphatic carbocycles. The van der Waals surface area contributed by atoms with E-state index in [4.69, 9.17) is 10.2 Å². The van der Waals surface area contributed by atoms with Crippen LogP contribution in [0, 0.1) is 0 Å². The number of primary amides is 1. The lowest BCUT2D eigenvalue weighted by Gasteiger charge is -2.22. The van der Waals surface area contributed by atoms with E-state index < -0.39 is 5.91 Å². The lowest BCUT2D eigenvalue weighted by molar-refractivity contribution is 0.0715. The number of amides is 3. The first-order chi connectivity index (χ1) is 13.9. The Kier molecular flexibility index (Phi) is 5.72. The van der Waals surface area contributed by atoms with Crippen LogP contribution in [0.25, 0.3) is 5.69 Å². The van der Waals surface area contributed by atoms with Crippen LogP contribution in [0.2, 0.25) is 0 Å². The van der Waals surface area contributed by atoms with Crippen LogP contribution >= 0.6 is 0 Å². The van der Waals surface area contributed by atoms with Crippen molar-refractivity contribution in [3.63, 3.8) is 0 Å². The molecule has 0 spiro atoms. The number of aromatic nitrogens is 3. The molecule has 29 heavy (non-hydrogen) atoms. The smallest absolute Gasteiger partial charge is 0.284 e. The van der Waals surface area contributed by atoms with E-state index in [1.807, 2.05) is 0 Å². The number of imidazole rings is 1. The van der Waals surface area contributed by atoms with Gasteiger partial charge in [0.2, 0.25) is 0 Å². The molecule has 0 aromatic carbocycles. The highest BCUT2D eigenvalue weighted by Gasteiger charge is 2.19. The van der Waals surface area contributed by atoms with Gasteiger partial charge in [0.15, 0.2) is 5.76 Å². The number of rotatable bonds is 7. The molecule has 10 heteroatoms. The fraction of sp³-hybridized carbons (Fsp3) is 0.211. The Morgan fingerprint density at radius 1 is 1.10 bits per heavy atom. The minimum Gasteiger partial charge on any atom is -0.458 e. The summed E-state index contributed by atoms with van der Waals surface area (Å²) in [6.45, 7) is 0.567. The number of pyridine rings is 1. The number of nitrogens with two attached hydrogens (primary N) is 1. The summed E-state index contributed by atoms with van der Waals surface area (Å²) in [5.74, 6) is -1.45. The third-order valence-corrected chi connectivity index (χ3v) is 4.32. The van der Waals surface area contributed by atoms with Crippen molar-refractivity contribution in [2.75, 3.05) is 27.2 Å². The molecule has 3 amide bonds. The number of carbonyl (C=O) groups excluding carboxylic acids is 3. The minimum atomic E-state index is -0.748. The van der Waals surface area contributed by atoms with Crippen LogP contribution in [0.5, 0.6) is 0 Å². The summed E-state index contributed by atoms with van der Waals surface area (Å²) < 4.78 is 6.73. The average molecular weight is 396 g/mol. The number of carbonyl (C=O) groups is 3. The van der Waals surface area contributed by atoms with Crippen LogP contribution in [-0.4, -0.2) is 69.2 Å². The molecule has 3 aromatic heterocycles. The summed E-state index contributed by atoms with van der Waals surface area (Å²) in [6.07, 6.45) is 7.79. The first kappa shape index (κ1) is 19.8. The van der Waals surface area contributed by atoms with E-state index >= 15 is 0 Å². The van der Waals surface area contributed by atoms with Gasteiger partial charge in [-0.25, -0.2) is 4.98 Å². The van der Waals surface area contributed by atoms with Crippen molar-refractivity contribution in [2.24, 2.45) is 5.73 Å². The Morgan fingerprint density at radius 2 is 1.83 bits per heavy atom. The molecule has 10 nitrogen and oxygen atoms in total. The van der Waals surface area contributed by atoms with Gasteiger partial charge >= 0.3 is 0 Å². The van der Waals surface area contributed by atoms with E-state index in [9.17, 15) is 14.4 Å². The van der Waals surface area contributed by atoms with Gasteiger partial charge in [0.05, 0.1) is 17.6 Å². The Hall–Kier alpha value is -3.95. The Morgan fingerprint density at radius 3 is 2.45 bits per heavy atom. The molecule has 150 valence electrons. The van der Waals surface area contributed by atoms with E-state index in [0.29, 0.717) is 6.54 Å². The van der Waals surface area contributed by atoms with Crippen molar-refractivity contribution in [3.8, 4) is 5.69 Å². The molecule has 0 aliphatic heterocycles. The number of hydrogen-bond donors (Lipinski definition) is 1. The first-order valence-electron chi connectivity index (χ1n) is 8.70. The quantitative estimate of drug-likeness (QED) is 0.629. The maximum atomic E-state index is 12.7. The number of nitrogens with zero attached hydrogens (tertiary/aromatic N) is 5. The Labute approximate surface area is 166 Å². The predicted octanol–water partition coefficient (Wildman–Crippen LogP) is 0.803. The SMILES string of the molecule is CN(CCN(C)C(=O)c1cc(-n2ccnc2)ccn1)C(=O)c1coc(C(N)=O)c1. The van der Waals surface area contributed by atoms with E-state index in [1.54, 1.807) is 55.7 Å². The molecular weight excluding hydrogens is 376 g/mol. The molecule has 0 saturated heterocycles. The lowest BCUT2D eigenvalue weighted by atomic mass is 10.2. The summed E-state index contributed by atoms with van der Waals surface area (Å²) in [5.41, 5.74) is 6.39. The minimum absolute atomic E-state index is 0.0853. The average Bonchev–Trinajstić information content (AvgIpc) is 3.43. The van der Waals surface area contributed by atoms with Gasteiger partial charge in [0.25, 0.3) is 17.7 Å². The molecule has 0 aliphatic rings. The van der Waals surface area contributed by atoms with Crippen LogP contribution in [0.1, 0.15) is 31.4 Å². The molecule has 0 atom stereocenters. The van der Waals surface area contributed by atoms with Gasteiger partial charge in [-0.15, -0.1) is 0 Å². The zero-order chi connectivity index (χ0) is 21.0. The van der Waals surface area contributed by atoms with Gasteiger partial charge in [-0.05, 0) is 12.1 Å². The predicted molar refractivity (Wildman–Crippen MR) is 103 cm³/mol. The topological polar surface area (TPSA) is 128 Å². The molecule has 3 aromatic rings. The summed E-state index contributed by atoms with van der Waals surface area (Å²) in [4.78, 5) is 47.2. The highest BCUT2D eigenvalue weighted by molar-refractivity contribution is 5.97. The van der Waals surface area contributed by atoms with Gasteiger partial charge in [0.1, 0.15) is 12.0 Å². The highest BCUT2D eigenvalue weighted by atomic mass is 16.3. The van der Waals surface area contributed by atoms with Crippen LogP contribution < -0.4 is 5.73 Å². The molecule has 0 radical (unpaired) electrons. The van der Waals surface area contributed by atoms with Gasteiger partial charge in [-0.2, -0.15) is 0 Å². The van der Waals surface area contributed by atoms with E-state index in [0.717, 1.165) is 5.69 Å². The van der Waals surface area contributed by atoms with E-state index in [1.165, 1.54) is 22.1 Å². The lowest BCUT2D eigenvalue weighted by Crippen LogP contribution is -2.37. The second kappa shape index (κ2) is 8.38. The molecule has 3 rings (SSSR count). The van der Waals surface area contributed by atoms with Crippen molar-refractivity contribution in [3.05, 3.63) is 66.4 Å². The maximum Gasteiger partial charge on any atom is 0.284 e. The number of hydrogen-bond acceptors (Lipinski definition) is 6. The van der Waals surface area contributed by atoms with Crippen LogP contribution in [0.3, 0.4) is 0 Å². The first-order valence-corrected chi connectivity index (χ1v) is 8.70. The third kappa shape index (κ3) is 4.49. The normalized spacial score (nSPS) is 10.6. The van der Waals surface area contributed by atoms with Gasteiger partial charge in [-0.3, -0.25) is 19.4 Å². The molecule has 0 saturated carbocycles. The number of likely N-dealkylation sites (N-methyl/N-ethyl adjacent to an activating group) is 2. The van der Waals surface area contributed by atoms with E-state index in [-0.39, 0.29) is 35.4 Å². The van der Waals surface area contributed by atoms with Gasteiger partial charge in [0, 0.05) is 51.8 Å². The third-order valence-electron chi connectivity index (χ3n) is 4.32. The zero-order valence-corrected chi connectivity index (χ0v) is 16.0. The second-order valence-electron chi connectivity index (χ2n) is 6.39.